The zero-order valence-corrected chi connectivity index (χ0v) is 36.0. The maximum atomic E-state index is 6.30. The Kier molecular flexibility index (Phi) is 12.3. The van der Waals surface area contributed by atoms with Crippen molar-refractivity contribution in [2.24, 2.45) is 11.8 Å². The van der Waals surface area contributed by atoms with E-state index < -0.39 is 8.07 Å². The second-order valence-corrected chi connectivity index (χ2v) is 21.6. The van der Waals surface area contributed by atoms with Gasteiger partial charge in [0.2, 0.25) is 5.71 Å². The van der Waals surface area contributed by atoms with Crippen LogP contribution in [0.25, 0.3) is 55.8 Å². The molecule has 0 spiro atoms. The molecule has 0 saturated heterocycles. The zero-order valence-electron chi connectivity index (χ0n) is 32.6. The van der Waals surface area contributed by atoms with E-state index in [1.165, 1.54) is 68.9 Å². The van der Waals surface area contributed by atoms with Crippen molar-refractivity contribution in [3.63, 3.8) is 0 Å². The van der Waals surface area contributed by atoms with Gasteiger partial charge in [0, 0.05) is 43.4 Å². The average molecular weight is 918 g/mol. The molecule has 2 aliphatic carbocycles. The Morgan fingerprint density at radius 3 is 2.04 bits per heavy atom. The quantitative estimate of drug-likeness (QED) is 0.113. The van der Waals surface area contributed by atoms with E-state index in [9.17, 15) is 0 Å². The fourth-order valence-corrected chi connectivity index (χ4v) is 10.2. The molecular weight excluding hydrogens is 867 g/mol. The summed E-state index contributed by atoms with van der Waals surface area (Å²) in [5, 5.41) is 3.61. The minimum Gasteiger partial charge on any atom is -0.486 e. The van der Waals surface area contributed by atoms with Gasteiger partial charge in [-0.15, -0.1) is 54.1 Å². The molecule has 9 rings (SSSR count). The van der Waals surface area contributed by atoms with Gasteiger partial charge in [-0.1, -0.05) is 136 Å². The van der Waals surface area contributed by atoms with Gasteiger partial charge in [-0.25, -0.2) is 4.98 Å². The maximum Gasteiger partial charge on any atom is 0.216 e. The monoisotopic (exact) mass is 918 g/mol. The molecule has 0 bridgehead atoms. The van der Waals surface area contributed by atoms with E-state index in [4.69, 9.17) is 19.4 Å². The van der Waals surface area contributed by atoms with Crippen LogP contribution in [0.1, 0.15) is 68.1 Å². The summed E-state index contributed by atoms with van der Waals surface area (Å²) in [6.45, 7) is 9.48. The molecular formula is C49H51IrN3OSi-2. The molecule has 2 saturated carbocycles. The van der Waals surface area contributed by atoms with Gasteiger partial charge >= 0.3 is 0 Å². The number of fused-ring (bicyclic) bond motifs is 3. The minimum atomic E-state index is -1.35. The van der Waals surface area contributed by atoms with E-state index >= 15 is 0 Å². The van der Waals surface area contributed by atoms with Crippen LogP contribution in [0.15, 0.2) is 108 Å². The first-order valence-electron chi connectivity index (χ1n) is 20.0. The zero-order chi connectivity index (χ0) is 37.1. The molecule has 3 aromatic carbocycles. The molecule has 0 N–H and O–H groups in total. The third-order valence-electron chi connectivity index (χ3n) is 11.6. The van der Waals surface area contributed by atoms with Crippen molar-refractivity contribution in [2.45, 2.75) is 90.8 Å². The minimum absolute atomic E-state index is 0. The normalized spacial score (nSPS) is 14.9. The molecule has 0 atom stereocenters. The Morgan fingerprint density at radius 2 is 1.36 bits per heavy atom. The standard InChI is InChI=1S/C29H25N2O.C20H26NSi.Ir/c1-19-16-27(30-18-22(19)17-20-8-5-6-9-20)25-13-7-12-23-24-14-15-26(21-10-3-2-4-11-21)31-29(24)32-28(23)25;1-22(2,3)20-15-21-19(17-11-5-4-6-12-17)14-18(20)13-16-9-7-8-10-16;/h2-4,7,10-12,14-16,18,20H,5-6,8-9,17H2,1H3;4-6,11,14-16H,7-10,13H2,1-3H3;/q2*-1;. The Hall–Kier alpha value is -4.22. The molecule has 2 fully saturated rings. The van der Waals surface area contributed by atoms with Crippen molar-refractivity contribution >= 4 is 35.3 Å². The number of nitrogens with zero attached hydrogens (tertiary/aromatic N) is 3. The van der Waals surface area contributed by atoms with Gasteiger partial charge in [0.1, 0.15) is 0 Å². The van der Waals surface area contributed by atoms with Crippen LogP contribution >= 0.6 is 0 Å². The number of aromatic nitrogens is 3. The van der Waals surface area contributed by atoms with Crippen molar-refractivity contribution in [1.82, 2.24) is 15.0 Å². The predicted octanol–water partition coefficient (Wildman–Crippen LogP) is 12.4. The number of rotatable bonds is 8. The van der Waals surface area contributed by atoms with Gasteiger partial charge in [0.05, 0.1) is 19.4 Å². The van der Waals surface area contributed by atoms with E-state index in [1.54, 1.807) is 10.8 Å². The molecule has 55 heavy (non-hydrogen) atoms. The number of benzene rings is 3. The van der Waals surface area contributed by atoms with Crippen molar-refractivity contribution in [1.29, 1.82) is 0 Å². The van der Waals surface area contributed by atoms with Crippen LogP contribution in [0.3, 0.4) is 0 Å². The summed E-state index contributed by atoms with van der Waals surface area (Å²) in [4.78, 5) is 14.4. The van der Waals surface area contributed by atoms with Gasteiger partial charge in [-0.05, 0) is 65.9 Å². The summed E-state index contributed by atoms with van der Waals surface area (Å²) in [6.07, 6.45) is 17.7. The van der Waals surface area contributed by atoms with E-state index in [0.717, 1.165) is 68.4 Å². The van der Waals surface area contributed by atoms with Crippen LogP contribution in [-0.4, -0.2) is 23.0 Å². The van der Waals surface area contributed by atoms with E-state index in [1.807, 2.05) is 36.4 Å². The van der Waals surface area contributed by atoms with Gasteiger partial charge in [-0.2, -0.15) is 0 Å². The first-order valence-corrected chi connectivity index (χ1v) is 23.5. The molecule has 2 aliphatic rings. The average Bonchev–Trinajstić information content (AvgIpc) is 3.98. The molecule has 1 radical (unpaired) electrons. The van der Waals surface area contributed by atoms with E-state index in [0.29, 0.717) is 5.71 Å². The molecule has 4 heterocycles. The van der Waals surface area contributed by atoms with Gasteiger partial charge in [0.25, 0.3) is 0 Å². The summed E-state index contributed by atoms with van der Waals surface area (Å²) >= 11 is 0. The van der Waals surface area contributed by atoms with Crippen molar-refractivity contribution in [2.75, 3.05) is 0 Å². The van der Waals surface area contributed by atoms with Crippen LogP contribution in [0.5, 0.6) is 0 Å². The number of furan rings is 1. The second kappa shape index (κ2) is 17.3. The summed E-state index contributed by atoms with van der Waals surface area (Å²) in [5.41, 5.74) is 11.7. The predicted molar refractivity (Wildman–Crippen MR) is 227 cm³/mol. The van der Waals surface area contributed by atoms with E-state index in [2.05, 4.69) is 106 Å². The van der Waals surface area contributed by atoms with Gasteiger partial charge < -0.3 is 14.4 Å². The Morgan fingerprint density at radius 1 is 0.673 bits per heavy atom. The van der Waals surface area contributed by atoms with Gasteiger partial charge in [0.15, 0.2) is 0 Å². The summed E-state index contributed by atoms with van der Waals surface area (Å²) in [5.74, 6) is 1.70. The number of hydrogen-bond donors (Lipinski definition) is 0. The number of pyridine rings is 3. The largest absolute Gasteiger partial charge is 0.486 e. The fourth-order valence-electron chi connectivity index (χ4n) is 8.61. The third kappa shape index (κ3) is 8.93. The molecule has 7 aromatic rings. The SMILES string of the molecule is C[Si](C)(C)c1cnc(-c2[c-]cccc2)cc1CC1CCCC1.Cc1cc(-c2[c-]ccc3c2oc2nc(-c4ccccc4)ccc23)ncc1CC1CCCC1.[Ir]. The Balaban J connectivity index is 0.000000178. The van der Waals surface area contributed by atoms with Crippen molar-refractivity contribution < 1.29 is 24.5 Å². The van der Waals surface area contributed by atoms with Gasteiger partial charge in [-0.3, -0.25) is 0 Å². The van der Waals surface area contributed by atoms with Crippen molar-refractivity contribution in [3.05, 3.63) is 132 Å². The van der Waals surface area contributed by atoms with E-state index in [-0.39, 0.29) is 20.1 Å². The molecule has 0 aliphatic heterocycles. The smallest absolute Gasteiger partial charge is 0.216 e. The second-order valence-electron chi connectivity index (χ2n) is 16.6. The third-order valence-corrected chi connectivity index (χ3v) is 13.7. The molecule has 0 amide bonds. The topological polar surface area (TPSA) is 51.8 Å². The number of hydrogen-bond acceptors (Lipinski definition) is 4. The molecule has 4 nitrogen and oxygen atoms in total. The Bertz CT molecular complexity index is 2350. The van der Waals surface area contributed by atoms with Crippen LogP contribution in [0.4, 0.5) is 0 Å². The molecule has 4 aromatic heterocycles. The number of aryl methyl sites for hydroxylation is 1. The molecule has 0 unspecified atom stereocenters. The van der Waals surface area contributed by atoms with Crippen LogP contribution < -0.4 is 5.19 Å². The van der Waals surface area contributed by atoms with Crippen LogP contribution in [-0.2, 0) is 32.9 Å². The fraction of sp³-hybridized carbons (Fsp3) is 0.327. The summed E-state index contributed by atoms with van der Waals surface area (Å²) < 4.78 is 6.30. The first kappa shape index (κ1) is 39.0. The van der Waals surface area contributed by atoms with Crippen molar-refractivity contribution in [3.8, 4) is 33.8 Å². The van der Waals surface area contributed by atoms with Crippen LogP contribution in [0.2, 0.25) is 19.6 Å². The molecule has 283 valence electrons. The summed E-state index contributed by atoms with van der Waals surface area (Å²) in [7, 11) is -1.35. The van der Waals surface area contributed by atoms with Crippen LogP contribution in [0, 0.1) is 30.9 Å². The molecule has 6 heteroatoms. The Labute approximate surface area is 341 Å². The first-order chi connectivity index (χ1) is 26.3. The summed E-state index contributed by atoms with van der Waals surface area (Å²) in [6, 6.07) is 37.7. The maximum absolute atomic E-state index is 6.30.